The molecule has 1 N–H and O–H groups in total. The first-order valence-corrected chi connectivity index (χ1v) is 6.74. The van der Waals surface area contributed by atoms with Crippen LogP contribution in [0.4, 0.5) is 4.39 Å². The summed E-state index contributed by atoms with van der Waals surface area (Å²) in [5.41, 5.74) is 1.84. The van der Waals surface area contributed by atoms with E-state index in [2.05, 4.69) is 4.98 Å². The standard InChI is InChI=1S/C17H15FN2O/c18-15-7-5-13(6-8-15)11-17-19-9-10-20(17)12-14-3-1-2-4-16(14)21/h1-10,21H,11-12H2. The summed E-state index contributed by atoms with van der Waals surface area (Å²) in [5, 5.41) is 9.85. The van der Waals surface area contributed by atoms with Gasteiger partial charge in [-0.2, -0.15) is 0 Å². The zero-order valence-corrected chi connectivity index (χ0v) is 11.4. The maximum absolute atomic E-state index is 12.9. The van der Waals surface area contributed by atoms with E-state index in [1.807, 2.05) is 22.9 Å². The third-order valence-electron chi connectivity index (χ3n) is 3.41. The van der Waals surface area contributed by atoms with Crippen LogP contribution in [0.2, 0.25) is 0 Å². The summed E-state index contributed by atoms with van der Waals surface area (Å²) in [6, 6.07) is 13.7. The Hall–Kier alpha value is -2.62. The number of benzene rings is 2. The van der Waals surface area contributed by atoms with E-state index in [4.69, 9.17) is 0 Å². The van der Waals surface area contributed by atoms with Gasteiger partial charge in [0.05, 0.1) is 6.54 Å². The molecule has 3 aromatic rings. The third-order valence-corrected chi connectivity index (χ3v) is 3.41. The number of phenols is 1. The van der Waals surface area contributed by atoms with Gasteiger partial charge < -0.3 is 9.67 Å². The van der Waals surface area contributed by atoms with E-state index in [9.17, 15) is 9.50 Å². The molecule has 3 nitrogen and oxygen atoms in total. The highest BCUT2D eigenvalue weighted by atomic mass is 19.1. The lowest BCUT2D eigenvalue weighted by Gasteiger charge is -2.09. The van der Waals surface area contributed by atoms with E-state index in [1.54, 1.807) is 30.5 Å². The number of imidazole rings is 1. The van der Waals surface area contributed by atoms with E-state index in [1.165, 1.54) is 12.1 Å². The van der Waals surface area contributed by atoms with Gasteiger partial charge in [-0.1, -0.05) is 30.3 Å². The highest BCUT2D eigenvalue weighted by Gasteiger charge is 2.07. The average molecular weight is 282 g/mol. The molecule has 0 aliphatic heterocycles. The Kier molecular flexibility index (Phi) is 3.69. The van der Waals surface area contributed by atoms with Crippen molar-refractivity contribution in [1.82, 2.24) is 9.55 Å². The van der Waals surface area contributed by atoms with Crippen LogP contribution >= 0.6 is 0 Å². The largest absolute Gasteiger partial charge is 0.508 e. The van der Waals surface area contributed by atoms with E-state index in [0.29, 0.717) is 13.0 Å². The van der Waals surface area contributed by atoms with Gasteiger partial charge in [0.15, 0.2) is 0 Å². The molecule has 106 valence electrons. The van der Waals surface area contributed by atoms with Crippen molar-refractivity contribution in [3.05, 3.63) is 83.7 Å². The maximum Gasteiger partial charge on any atom is 0.123 e. The SMILES string of the molecule is Oc1ccccc1Cn1ccnc1Cc1ccc(F)cc1. The number of para-hydroxylation sites is 1. The van der Waals surface area contributed by atoms with Gasteiger partial charge in [0, 0.05) is 24.4 Å². The third kappa shape index (κ3) is 3.11. The van der Waals surface area contributed by atoms with Gasteiger partial charge in [-0.3, -0.25) is 0 Å². The Morgan fingerprint density at radius 1 is 1.05 bits per heavy atom. The average Bonchev–Trinajstić information content (AvgIpc) is 2.91. The van der Waals surface area contributed by atoms with Crippen LogP contribution in [0, 0.1) is 5.82 Å². The molecule has 0 spiro atoms. The predicted octanol–water partition coefficient (Wildman–Crippen LogP) is 3.37. The van der Waals surface area contributed by atoms with Gasteiger partial charge in [-0.05, 0) is 23.8 Å². The van der Waals surface area contributed by atoms with Gasteiger partial charge in [-0.25, -0.2) is 9.37 Å². The van der Waals surface area contributed by atoms with Crippen molar-refractivity contribution in [1.29, 1.82) is 0 Å². The second kappa shape index (κ2) is 5.79. The number of halogens is 1. The number of aromatic nitrogens is 2. The molecule has 0 saturated heterocycles. The smallest absolute Gasteiger partial charge is 0.123 e. The predicted molar refractivity (Wildman–Crippen MR) is 78.6 cm³/mol. The van der Waals surface area contributed by atoms with Crippen molar-refractivity contribution in [3.8, 4) is 5.75 Å². The molecule has 4 heteroatoms. The van der Waals surface area contributed by atoms with Gasteiger partial charge in [0.1, 0.15) is 17.4 Å². The fourth-order valence-corrected chi connectivity index (χ4v) is 2.26. The minimum absolute atomic E-state index is 0.240. The molecule has 21 heavy (non-hydrogen) atoms. The van der Waals surface area contributed by atoms with E-state index in [0.717, 1.165) is 17.0 Å². The minimum atomic E-state index is -0.240. The molecule has 0 bridgehead atoms. The second-order valence-electron chi connectivity index (χ2n) is 4.90. The lowest BCUT2D eigenvalue weighted by atomic mass is 10.1. The van der Waals surface area contributed by atoms with E-state index in [-0.39, 0.29) is 11.6 Å². The van der Waals surface area contributed by atoms with Crippen LogP contribution < -0.4 is 0 Å². The number of rotatable bonds is 4. The molecule has 1 aromatic heterocycles. The fourth-order valence-electron chi connectivity index (χ4n) is 2.26. The Bertz CT molecular complexity index is 735. The Labute approximate surface area is 122 Å². The quantitative estimate of drug-likeness (QED) is 0.796. The van der Waals surface area contributed by atoms with Crippen LogP contribution in [0.3, 0.4) is 0 Å². The fraction of sp³-hybridized carbons (Fsp3) is 0.118. The molecule has 0 unspecified atom stereocenters. The van der Waals surface area contributed by atoms with Crippen molar-refractivity contribution in [2.24, 2.45) is 0 Å². The Balaban J connectivity index is 1.81. The summed E-state index contributed by atoms with van der Waals surface area (Å²) in [6.45, 7) is 0.559. The Morgan fingerprint density at radius 2 is 1.81 bits per heavy atom. The van der Waals surface area contributed by atoms with Gasteiger partial charge in [0.25, 0.3) is 0 Å². The Morgan fingerprint density at radius 3 is 2.57 bits per heavy atom. The molecule has 0 amide bonds. The number of aromatic hydroxyl groups is 1. The minimum Gasteiger partial charge on any atom is -0.508 e. The van der Waals surface area contributed by atoms with Gasteiger partial charge in [0.2, 0.25) is 0 Å². The maximum atomic E-state index is 12.9. The summed E-state index contributed by atoms with van der Waals surface area (Å²) >= 11 is 0. The lowest BCUT2D eigenvalue weighted by Crippen LogP contribution is -2.05. The summed E-state index contributed by atoms with van der Waals surface area (Å²) in [4.78, 5) is 4.35. The summed E-state index contributed by atoms with van der Waals surface area (Å²) in [7, 11) is 0. The second-order valence-corrected chi connectivity index (χ2v) is 4.90. The highest BCUT2D eigenvalue weighted by Crippen LogP contribution is 2.18. The first kappa shape index (κ1) is 13.4. The molecule has 0 fully saturated rings. The van der Waals surface area contributed by atoms with Gasteiger partial charge >= 0.3 is 0 Å². The van der Waals surface area contributed by atoms with Crippen molar-refractivity contribution in [2.45, 2.75) is 13.0 Å². The van der Waals surface area contributed by atoms with Crippen molar-refractivity contribution >= 4 is 0 Å². The molecular weight excluding hydrogens is 267 g/mol. The molecule has 0 saturated carbocycles. The summed E-state index contributed by atoms with van der Waals surface area (Å²) in [6.07, 6.45) is 4.24. The van der Waals surface area contributed by atoms with Crippen LogP contribution in [0.5, 0.6) is 5.75 Å². The molecule has 0 atom stereocenters. The van der Waals surface area contributed by atoms with E-state index < -0.39 is 0 Å². The van der Waals surface area contributed by atoms with Crippen molar-refractivity contribution < 1.29 is 9.50 Å². The normalized spacial score (nSPS) is 10.7. The molecular formula is C17H15FN2O. The van der Waals surface area contributed by atoms with Crippen LogP contribution in [0.15, 0.2) is 60.9 Å². The zero-order valence-electron chi connectivity index (χ0n) is 11.4. The first-order chi connectivity index (χ1) is 10.2. The van der Waals surface area contributed by atoms with Crippen molar-refractivity contribution in [2.75, 3.05) is 0 Å². The van der Waals surface area contributed by atoms with E-state index >= 15 is 0 Å². The van der Waals surface area contributed by atoms with Crippen LogP contribution in [0.1, 0.15) is 17.0 Å². The zero-order chi connectivity index (χ0) is 14.7. The topological polar surface area (TPSA) is 38.0 Å². The highest BCUT2D eigenvalue weighted by molar-refractivity contribution is 5.32. The number of nitrogens with zero attached hydrogens (tertiary/aromatic N) is 2. The molecule has 0 aliphatic carbocycles. The summed E-state index contributed by atoms with van der Waals surface area (Å²) in [5.74, 6) is 0.917. The summed E-state index contributed by atoms with van der Waals surface area (Å²) < 4.78 is 14.9. The molecule has 0 aliphatic rings. The van der Waals surface area contributed by atoms with Crippen LogP contribution in [-0.2, 0) is 13.0 Å². The molecule has 2 aromatic carbocycles. The number of phenolic OH excluding ortho intramolecular Hbond substituents is 1. The monoisotopic (exact) mass is 282 g/mol. The number of hydrogen-bond acceptors (Lipinski definition) is 2. The first-order valence-electron chi connectivity index (χ1n) is 6.74. The van der Waals surface area contributed by atoms with Crippen LogP contribution in [0.25, 0.3) is 0 Å². The van der Waals surface area contributed by atoms with Gasteiger partial charge in [-0.15, -0.1) is 0 Å². The van der Waals surface area contributed by atoms with Crippen molar-refractivity contribution in [3.63, 3.8) is 0 Å². The molecule has 0 radical (unpaired) electrons. The van der Waals surface area contributed by atoms with Crippen LogP contribution in [-0.4, -0.2) is 14.7 Å². The molecule has 3 rings (SSSR count). The number of hydrogen-bond donors (Lipinski definition) is 1. The lowest BCUT2D eigenvalue weighted by molar-refractivity contribution is 0.465. The molecule has 1 heterocycles.